The Balaban J connectivity index is 1.28. The first-order valence-corrected chi connectivity index (χ1v) is 10.3. The van der Waals surface area contributed by atoms with Gasteiger partial charge in [-0.3, -0.25) is 4.98 Å². The van der Waals surface area contributed by atoms with Gasteiger partial charge in [-0.05, 0) is 55.9 Å². The topological polar surface area (TPSA) is 81.5 Å². The molecule has 1 aliphatic carbocycles. The van der Waals surface area contributed by atoms with Gasteiger partial charge >= 0.3 is 0 Å². The Hall–Kier alpha value is -3.48. The Morgan fingerprint density at radius 2 is 2.00 bits per heavy atom. The van der Waals surface area contributed by atoms with Crippen molar-refractivity contribution in [1.29, 1.82) is 0 Å². The van der Waals surface area contributed by atoms with Gasteiger partial charge in [0.15, 0.2) is 0 Å². The molecule has 152 valence electrons. The van der Waals surface area contributed by atoms with Crippen molar-refractivity contribution >= 4 is 0 Å². The molecular formula is C23H24N6O. The molecule has 0 aliphatic heterocycles. The molecule has 1 aliphatic rings. The summed E-state index contributed by atoms with van der Waals surface area (Å²) in [7, 11) is 0. The number of ether oxygens (including phenoxy) is 1. The summed E-state index contributed by atoms with van der Waals surface area (Å²) in [5.74, 6) is 1.75. The van der Waals surface area contributed by atoms with Gasteiger partial charge in [-0.1, -0.05) is 18.2 Å². The van der Waals surface area contributed by atoms with E-state index in [4.69, 9.17) is 4.74 Å². The quantitative estimate of drug-likeness (QED) is 0.482. The lowest BCUT2D eigenvalue weighted by Crippen LogP contribution is -2.04. The van der Waals surface area contributed by atoms with Crippen molar-refractivity contribution in [3.8, 4) is 28.4 Å². The van der Waals surface area contributed by atoms with Gasteiger partial charge < -0.3 is 9.30 Å². The van der Waals surface area contributed by atoms with Gasteiger partial charge in [-0.2, -0.15) is 15.4 Å². The van der Waals surface area contributed by atoms with Crippen molar-refractivity contribution in [2.75, 3.05) is 6.61 Å². The minimum Gasteiger partial charge on any atom is -0.493 e. The number of aromatic nitrogens is 6. The van der Waals surface area contributed by atoms with Crippen LogP contribution in [-0.4, -0.2) is 36.6 Å². The van der Waals surface area contributed by atoms with Crippen LogP contribution in [0.25, 0.3) is 22.6 Å². The molecule has 0 unspecified atom stereocenters. The molecule has 0 bridgehead atoms. The number of rotatable bonds is 8. The van der Waals surface area contributed by atoms with Crippen LogP contribution in [-0.2, 0) is 13.0 Å². The number of hydrogen-bond acceptors (Lipinski definition) is 5. The number of nitrogens with zero attached hydrogens (tertiary/aromatic N) is 5. The van der Waals surface area contributed by atoms with Crippen LogP contribution in [0.5, 0.6) is 5.75 Å². The molecule has 3 heterocycles. The average Bonchev–Trinajstić information content (AvgIpc) is 3.31. The van der Waals surface area contributed by atoms with Crippen molar-refractivity contribution in [3.05, 3.63) is 66.4 Å². The SMILES string of the molecule is Cc1n[nH]nc1-c1ccnc(-c2cn(CCc3ccccc3OCC3CC3)cn2)c1. The van der Waals surface area contributed by atoms with Gasteiger partial charge in [0.05, 0.1) is 24.3 Å². The zero-order chi connectivity index (χ0) is 20.3. The van der Waals surface area contributed by atoms with E-state index in [1.165, 1.54) is 18.4 Å². The fourth-order valence-electron chi connectivity index (χ4n) is 3.48. The number of para-hydroxylation sites is 1. The predicted octanol–water partition coefficient (Wildman–Crippen LogP) is 4.07. The summed E-state index contributed by atoms with van der Waals surface area (Å²) in [6, 6.07) is 12.3. The standard InChI is InChI=1S/C23H24N6O/c1-16-23(27-28-26-16)19-8-10-24-20(12-19)21-13-29(15-25-21)11-9-18-4-2-3-5-22(18)30-14-17-6-7-17/h2-5,8,10,12-13,15,17H,6-7,9,11,14H2,1H3,(H,26,27,28). The summed E-state index contributed by atoms with van der Waals surface area (Å²) >= 11 is 0. The van der Waals surface area contributed by atoms with Crippen molar-refractivity contribution in [2.24, 2.45) is 5.92 Å². The molecule has 1 saturated carbocycles. The van der Waals surface area contributed by atoms with E-state index in [9.17, 15) is 0 Å². The molecule has 0 spiro atoms. The number of H-pyrrole nitrogens is 1. The minimum absolute atomic E-state index is 0.749. The molecule has 30 heavy (non-hydrogen) atoms. The average molecular weight is 400 g/mol. The summed E-state index contributed by atoms with van der Waals surface area (Å²) in [5, 5.41) is 11.0. The van der Waals surface area contributed by atoms with Gasteiger partial charge in [0.2, 0.25) is 0 Å². The van der Waals surface area contributed by atoms with Crippen LogP contribution in [0.3, 0.4) is 0 Å². The van der Waals surface area contributed by atoms with E-state index in [0.717, 1.165) is 59.6 Å². The molecule has 7 nitrogen and oxygen atoms in total. The lowest BCUT2D eigenvalue weighted by Gasteiger charge is -2.11. The van der Waals surface area contributed by atoms with E-state index in [0.29, 0.717) is 0 Å². The van der Waals surface area contributed by atoms with Crippen LogP contribution in [0.1, 0.15) is 24.1 Å². The maximum Gasteiger partial charge on any atom is 0.122 e. The summed E-state index contributed by atoms with van der Waals surface area (Å²) in [6.45, 7) is 3.60. The normalized spacial score (nSPS) is 13.5. The zero-order valence-corrected chi connectivity index (χ0v) is 17.0. The zero-order valence-electron chi connectivity index (χ0n) is 17.0. The first-order chi connectivity index (χ1) is 14.8. The van der Waals surface area contributed by atoms with Gasteiger partial charge in [-0.25, -0.2) is 4.98 Å². The Morgan fingerprint density at radius 3 is 2.83 bits per heavy atom. The minimum atomic E-state index is 0.749. The van der Waals surface area contributed by atoms with Crippen LogP contribution >= 0.6 is 0 Å². The number of nitrogens with one attached hydrogen (secondary N) is 1. The lowest BCUT2D eigenvalue weighted by atomic mass is 10.1. The second-order valence-corrected chi connectivity index (χ2v) is 7.80. The third kappa shape index (κ3) is 4.10. The Bertz CT molecular complexity index is 1140. The molecule has 0 amide bonds. The highest BCUT2D eigenvalue weighted by molar-refractivity contribution is 5.67. The van der Waals surface area contributed by atoms with Gasteiger partial charge in [0, 0.05) is 24.5 Å². The summed E-state index contributed by atoms with van der Waals surface area (Å²) in [6.07, 6.45) is 9.17. The number of hydrogen-bond donors (Lipinski definition) is 1. The molecule has 5 rings (SSSR count). The number of imidazole rings is 1. The number of pyridine rings is 1. The molecule has 0 atom stereocenters. The van der Waals surface area contributed by atoms with E-state index in [-0.39, 0.29) is 0 Å². The molecular weight excluding hydrogens is 376 g/mol. The molecule has 0 saturated heterocycles. The van der Waals surface area contributed by atoms with E-state index in [2.05, 4.69) is 48.1 Å². The lowest BCUT2D eigenvalue weighted by molar-refractivity contribution is 0.296. The van der Waals surface area contributed by atoms with E-state index in [1.807, 2.05) is 37.6 Å². The van der Waals surface area contributed by atoms with Gasteiger partial charge in [-0.15, -0.1) is 0 Å². The monoisotopic (exact) mass is 400 g/mol. The van der Waals surface area contributed by atoms with E-state index >= 15 is 0 Å². The van der Waals surface area contributed by atoms with Crippen molar-refractivity contribution in [3.63, 3.8) is 0 Å². The summed E-state index contributed by atoms with van der Waals surface area (Å²) < 4.78 is 8.13. The second-order valence-electron chi connectivity index (χ2n) is 7.80. The Kier molecular flexibility index (Phi) is 5.01. The fourth-order valence-corrected chi connectivity index (χ4v) is 3.48. The summed E-state index contributed by atoms with van der Waals surface area (Å²) in [5.41, 5.74) is 5.57. The molecule has 4 aromatic rings. The second kappa shape index (κ2) is 8.10. The maximum atomic E-state index is 6.03. The third-order valence-electron chi connectivity index (χ3n) is 5.43. The van der Waals surface area contributed by atoms with E-state index in [1.54, 1.807) is 6.20 Å². The smallest absolute Gasteiger partial charge is 0.122 e. The van der Waals surface area contributed by atoms with Crippen molar-refractivity contribution in [2.45, 2.75) is 32.7 Å². The van der Waals surface area contributed by atoms with Crippen LogP contribution in [0.2, 0.25) is 0 Å². The highest BCUT2D eigenvalue weighted by Crippen LogP contribution is 2.30. The van der Waals surface area contributed by atoms with Crippen LogP contribution < -0.4 is 4.74 Å². The Labute approximate surface area is 175 Å². The molecule has 1 aromatic carbocycles. The Morgan fingerprint density at radius 1 is 1.10 bits per heavy atom. The summed E-state index contributed by atoms with van der Waals surface area (Å²) in [4.78, 5) is 9.05. The van der Waals surface area contributed by atoms with Gasteiger partial charge in [0.1, 0.15) is 17.1 Å². The van der Waals surface area contributed by atoms with Crippen LogP contribution in [0.15, 0.2) is 55.1 Å². The highest BCUT2D eigenvalue weighted by atomic mass is 16.5. The number of aromatic amines is 1. The number of benzene rings is 1. The van der Waals surface area contributed by atoms with Crippen molar-refractivity contribution in [1.82, 2.24) is 29.9 Å². The fraction of sp³-hybridized carbons (Fsp3) is 0.304. The predicted molar refractivity (Wildman–Crippen MR) is 114 cm³/mol. The largest absolute Gasteiger partial charge is 0.493 e. The van der Waals surface area contributed by atoms with Gasteiger partial charge in [0.25, 0.3) is 0 Å². The van der Waals surface area contributed by atoms with Crippen molar-refractivity contribution < 1.29 is 4.74 Å². The third-order valence-corrected chi connectivity index (χ3v) is 5.43. The molecule has 7 heteroatoms. The molecule has 0 radical (unpaired) electrons. The first-order valence-electron chi connectivity index (χ1n) is 10.3. The molecule has 3 aromatic heterocycles. The molecule has 1 N–H and O–H groups in total. The first kappa shape index (κ1) is 18.5. The number of aryl methyl sites for hydroxylation is 3. The highest BCUT2D eigenvalue weighted by Gasteiger charge is 2.22. The maximum absolute atomic E-state index is 6.03. The van der Waals surface area contributed by atoms with Crippen LogP contribution in [0.4, 0.5) is 0 Å². The molecule has 1 fully saturated rings. The van der Waals surface area contributed by atoms with Crippen LogP contribution in [0, 0.1) is 12.8 Å². The van der Waals surface area contributed by atoms with E-state index < -0.39 is 0 Å².